The molecule has 2 saturated heterocycles. The second kappa shape index (κ2) is 6.59. The fraction of sp³-hybridized carbons (Fsp3) is 0.824. The molecule has 0 radical (unpaired) electrons. The molecular weight excluding hydrogens is 290 g/mol. The predicted octanol–water partition coefficient (Wildman–Crippen LogP) is 2.16. The fourth-order valence-corrected chi connectivity index (χ4v) is 3.71. The SMILES string of the molecule is Cc1c(C(=O)N2CCCC(C)(C)CC2)nnn1C1CCNCC1. The van der Waals surface area contributed by atoms with E-state index in [1.165, 1.54) is 6.42 Å². The van der Waals surface area contributed by atoms with Crippen molar-refractivity contribution in [3.05, 3.63) is 11.4 Å². The zero-order chi connectivity index (χ0) is 16.4. The van der Waals surface area contributed by atoms with E-state index in [9.17, 15) is 4.79 Å². The third kappa shape index (κ3) is 3.57. The molecule has 1 aromatic rings. The van der Waals surface area contributed by atoms with Crippen molar-refractivity contribution in [2.75, 3.05) is 26.2 Å². The molecule has 128 valence electrons. The van der Waals surface area contributed by atoms with Crippen LogP contribution in [0.1, 0.15) is 68.2 Å². The summed E-state index contributed by atoms with van der Waals surface area (Å²) in [5.41, 5.74) is 1.80. The van der Waals surface area contributed by atoms with Gasteiger partial charge in [-0.1, -0.05) is 19.1 Å². The van der Waals surface area contributed by atoms with Crippen molar-refractivity contribution in [2.24, 2.45) is 5.41 Å². The van der Waals surface area contributed by atoms with E-state index in [-0.39, 0.29) is 5.91 Å². The van der Waals surface area contributed by atoms with Crippen LogP contribution in [0.25, 0.3) is 0 Å². The number of nitrogens with one attached hydrogen (secondary N) is 1. The molecule has 3 rings (SSSR count). The molecule has 0 spiro atoms. The summed E-state index contributed by atoms with van der Waals surface area (Å²) >= 11 is 0. The second-order valence-electron chi connectivity index (χ2n) is 7.76. The lowest BCUT2D eigenvalue weighted by Gasteiger charge is -2.24. The summed E-state index contributed by atoms with van der Waals surface area (Å²) < 4.78 is 1.97. The zero-order valence-electron chi connectivity index (χ0n) is 14.6. The van der Waals surface area contributed by atoms with Crippen LogP contribution >= 0.6 is 0 Å². The Kier molecular flexibility index (Phi) is 4.71. The summed E-state index contributed by atoms with van der Waals surface area (Å²) in [4.78, 5) is 14.8. The standard InChI is InChI=1S/C17H29N5O/c1-13-15(19-20-22(13)14-5-9-18-10-6-14)16(23)21-11-4-7-17(2,3)8-12-21/h14,18H,4-12H2,1-3H3. The van der Waals surface area contributed by atoms with Crippen LogP contribution < -0.4 is 5.32 Å². The summed E-state index contributed by atoms with van der Waals surface area (Å²) in [6, 6.07) is 0.369. The van der Waals surface area contributed by atoms with Gasteiger partial charge in [0.25, 0.3) is 5.91 Å². The van der Waals surface area contributed by atoms with E-state index < -0.39 is 0 Å². The fourth-order valence-electron chi connectivity index (χ4n) is 3.71. The number of carbonyl (C=O) groups is 1. The van der Waals surface area contributed by atoms with Gasteiger partial charge in [0, 0.05) is 13.1 Å². The van der Waals surface area contributed by atoms with Gasteiger partial charge < -0.3 is 10.2 Å². The first-order valence-corrected chi connectivity index (χ1v) is 8.90. The monoisotopic (exact) mass is 319 g/mol. The number of likely N-dealkylation sites (tertiary alicyclic amines) is 1. The van der Waals surface area contributed by atoms with Crippen molar-refractivity contribution in [1.82, 2.24) is 25.2 Å². The topological polar surface area (TPSA) is 63.1 Å². The van der Waals surface area contributed by atoms with Gasteiger partial charge in [-0.25, -0.2) is 4.68 Å². The van der Waals surface area contributed by atoms with Gasteiger partial charge in [-0.2, -0.15) is 0 Å². The number of hydrogen-bond acceptors (Lipinski definition) is 4. The van der Waals surface area contributed by atoms with Crippen LogP contribution in [0.5, 0.6) is 0 Å². The molecule has 2 aliphatic rings. The molecule has 0 bridgehead atoms. The molecule has 0 unspecified atom stereocenters. The van der Waals surface area contributed by atoms with Gasteiger partial charge in [0.2, 0.25) is 0 Å². The highest BCUT2D eigenvalue weighted by Gasteiger charge is 2.29. The maximum absolute atomic E-state index is 12.9. The Morgan fingerprint density at radius 3 is 2.70 bits per heavy atom. The van der Waals surface area contributed by atoms with Gasteiger partial charge in [0.15, 0.2) is 5.69 Å². The van der Waals surface area contributed by atoms with Crippen LogP contribution in [0.3, 0.4) is 0 Å². The van der Waals surface area contributed by atoms with Crippen molar-refractivity contribution in [1.29, 1.82) is 0 Å². The minimum absolute atomic E-state index is 0.0559. The summed E-state index contributed by atoms with van der Waals surface area (Å²) in [5.74, 6) is 0.0559. The Labute approximate surface area is 138 Å². The Morgan fingerprint density at radius 2 is 1.96 bits per heavy atom. The van der Waals surface area contributed by atoms with Crippen LogP contribution in [0.15, 0.2) is 0 Å². The quantitative estimate of drug-likeness (QED) is 0.907. The Bertz CT molecular complexity index is 559. The molecule has 3 heterocycles. The zero-order valence-corrected chi connectivity index (χ0v) is 14.6. The first-order chi connectivity index (χ1) is 11.0. The number of nitrogens with zero attached hydrogens (tertiary/aromatic N) is 4. The third-order valence-electron chi connectivity index (χ3n) is 5.41. The number of carbonyl (C=O) groups excluding carboxylic acids is 1. The molecule has 2 aliphatic heterocycles. The van der Waals surface area contributed by atoms with Crippen molar-refractivity contribution >= 4 is 5.91 Å². The maximum atomic E-state index is 12.9. The lowest BCUT2D eigenvalue weighted by atomic mass is 9.85. The molecule has 23 heavy (non-hydrogen) atoms. The highest BCUT2D eigenvalue weighted by Crippen LogP contribution is 2.30. The predicted molar refractivity (Wildman–Crippen MR) is 89.4 cm³/mol. The Hall–Kier alpha value is -1.43. The van der Waals surface area contributed by atoms with Crippen LogP contribution in [-0.4, -0.2) is 52.0 Å². The first kappa shape index (κ1) is 16.4. The van der Waals surface area contributed by atoms with Gasteiger partial charge in [-0.3, -0.25) is 4.79 Å². The summed E-state index contributed by atoms with van der Waals surface area (Å²) in [7, 11) is 0. The molecule has 0 atom stereocenters. The lowest BCUT2D eigenvalue weighted by molar-refractivity contribution is 0.0750. The van der Waals surface area contributed by atoms with E-state index in [0.29, 0.717) is 17.2 Å². The molecule has 1 amide bonds. The molecule has 0 saturated carbocycles. The van der Waals surface area contributed by atoms with E-state index in [1.807, 2.05) is 16.5 Å². The number of hydrogen-bond donors (Lipinski definition) is 1. The minimum atomic E-state index is 0.0559. The maximum Gasteiger partial charge on any atom is 0.276 e. The van der Waals surface area contributed by atoms with Crippen LogP contribution in [0.4, 0.5) is 0 Å². The molecule has 6 heteroatoms. The van der Waals surface area contributed by atoms with Crippen molar-refractivity contribution < 1.29 is 4.79 Å². The average Bonchev–Trinajstić information content (AvgIpc) is 2.82. The van der Waals surface area contributed by atoms with Gasteiger partial charge in [0.1, 0.15) is 0 Å². The molecular formula is C17H29N5O. The highest BCUT2D eigenvalue weighted by molar-refractivity contribution is 5.93. The molecule has 1 aromatic heterocycles. The Morgan fingerprint density at radius 1 is 1.22 bits per heavy atom. The third-order valence-corrected chi connectivity index (χ3v) is 5.41. The van der Waals surface area contributed by atoms with Crippen molar-refractivity contribution in [3.63, 3.8) is 0 Å². The highest BCUT2D eigenvalue weighted by atomic mass is 16.2. The van der Waals surface area contributed by atoms with E-state index in [1.54, 1.807) is 0 Å². The number of rotatable bonds is 2. The van der Waals surface area contributed by atoms with Gasteiger partial charge >= 0.3 is 0 Å². The number of amides is 1. The van der Waals surface area contributed by atoms with E-state index in [4.69, 9.17) is 0 Å². The van der Waals surface area contributed by atoms with E-state index in [2.05, 4.69) is 29.5 Å². The average molecular weight is 319 g/mol. The molecule has 0 aliphatic carbocycles. The van der Waals surface area contributed by atoms with Crippen LogP contribution in [0, 0.1) is 12.3 Å². The van der Waals surface area contributed by atoms with Crippen LogP contribution in [0.2, 0.25) is 0 Å². The van der Waals surface area contributed by atoms with Gasteiger partial charge in [0.05, 0.1) is 11.7 Å². The van der Waals surface area contributed by atoms with Gasteiger partial charge in [-0.05, 0) is 57.5 Å². The number of piperidine rings is 1. The summed E-state index contributed by atoms with van der Waals surface area (Å²) in [5, 5.41) is 11.9. The second-order valence-corrected chi connectivity index (χ2v) is 7.76. The summed E-state index contributed by atoms with van der Waals surface area (Å²) in [6.45, 7) is 10.2. The molecule has 1 N–H and O–H groups in total. The summed E-state index contributed by atoms with van der Waals surface area (Å²) in [6.07, 6.45) is 5.41. The van der Waals surface area contributed by atoms with Crippen molar-refractivity contribution in [2.45, 2.75) is 58.9 Å². The largest absolute Gasteiger partial charge is 0.337 e. The van der Waals surface area contributed by atoms with Gasteiger partial charge in [-0.15, -0.1) is 5.10 Å². The van der Waals surface area contributed by atoms with Crippen molar-refractivity contribution in [3.8, 4) is 0 Å². The minimum Gasteiger partial charge on any atom is -0.337 e. The van der Waals surface area contributed by atoms with E-state index >= 15 is 0 Å². The number of aromatic nitrogens is 3. The smallest absolute Gasteiger partial charge is 0.276 e. The lowest BCUT2D eigenvalue weighted by Crippen LogP contribution is -2.33. The first-order valence-electron chi connectivity index (χ1n) is 8.90. The van der Waals surface area contributed by atoms with E-state index in [0.717, 1.165) is 57.6 Å². The molecule has 0 aromatic carbocycles. The normalized spacial score (nSPS) is 22.8. The Balaban J connectivity index is 1.73. The van der Waals surface area contributed by atoms with Crippen LogP contribution in [-0.2, 0) is 0 Å². The molecule has 6 nitrogen and oxygen atoms in total. The molecule has 2 fully saturated rings.